The molecule has 0 fully saturated rings. The molecule has 0 saturated heterocycles. The third-order valence-corrected chi connectivity index (χ3v) is 1.99. The maximum absolute atomic E-state index is 13.4. The number of halogens is 2. The molecular formula is C9H8F2N4. The van der Waals surface area contributed by atoms with Crippen LogP contribution in [-0.4, -0.2) is 15.0 Å². The van der Waals surface area contributed by atoms with Crippen LogP contribution in [0.15, 0.2) is 18.3 Å². The van der Waals surface area contributed by atoms with Crippen molar-refractivity contribution in [1.29, 1.82) is 0 Å². The van der Waals surface area contributed by atoms with E-state index in [4.69, 9.17) is 5.73 Å². The van der Waals surface area contributed by atoms with Crippen molar-refractivity contribution in [3.05, 3.63) is 35.5 Å². The number of rotatable bonds is 1. The van der Waals surface area contributed by atoms with Crippen molar-refractivity contribution in [2.45, 2.75) is 6.92 Å². The van der Waals surface area contributed by atoms with Gasteiger partial charge in [0.2, 0.25) is 0 Å². The van der Waals surface area contributed by atoms with E-state index in [2.05, 4.69) is 10.3 Å². The normalized spacial score (nSPS) is 10.6. The number of hydrogen-bond donors (Lipinski definition) is 1. The van der Waals surface area contributed by atoms with Crippen LogP contribution in [0.5, 0.6) is 0 Å². The van der Waals surface area contributed by atoms with Gasteiger partial charge in [-0.25, -0.2) is 13.5 Å². The van der Waals surface area contributed by atoms with Crippen molar-refractivity contribution in [2.75, 3.05) is 5.73 Å². The average molecular weight is 210 g/mol. The van der Waals surface area contributed by atoms with E-state index in [1.54, 1.807) is 0 Å². The molecule has 1 aromatic carbocycles. The van der Waals surface area contributed by atoms with E-state index in [-0.39, 0.29) is 17.1 Å². The highest BCUT2D eigenvalue weighted by Crippen LogP contribution is 2.17. The molecule has 1 aromatic heterocycles. The number of nitrogens with two attached hydrogens (primary N) is 1. The summed E-state index contributed by atoms with van der Waals surface area (Å²) in [6.45, 7) is 1.48. The zero-order valence-electron chi connectivity index (χ0n) is 7.91. The highest BCUT2D eigenvalue weighted by Gasteiger charge is 2.10. The molecule has 0 unspecified atom stereocenters. The fourth-order valence-corrected chi connectivity index (χ4v) is 1.21. The lowest BCUT2D eigenvalue weighted by molar-refractivity contribution is 0.578. The van der Waals surface area contributed by atoms with Crippen LogP contribution in [0.4, 0.5) is 14.6 Å². The Hall–Kier alpha value is -1.98. The number of aromatic nitrogens is 3. The lowest BCUT2D eigenvalue weighted by Crippen LogP contribution is -2.00. The number of nitrogen functional groups attached to an aromatic ring is 1. The molecule has 1 heterocycles. The van der Waals surface area contributed by atoms with Crippen LogP contribution >= 0.6 is 0 Å². The minimum atomic E-state index is -0.571. The van der Waals surface area contributed by atoms with Gasteiger partial charge in [0.1, 0.15) is 17.3 Å². The Kier molecular flexibility index (Phi) is 2.11. The van der Waals surface area contributed by atoms with Gasteiger partial charge < -0.3 is 5.73 Å². The van der Waals surface area contributed by atoms with Gasteiger partial charge in [-0.15, -0.1) is 5.10 Å². The molecule has 2 aromatic rings. The summed E-state index contributed by atoms with van der Waals surface area (Å²) in [4.78, 5) is 0. The van der Waals surface area contributed by atoms with Crippen molar-refractivity contribution in [3.8, 4) is 5.69 Å². The van der Waals surface area contributed by atoms with Crippen LogP contribution in [0.1, 0.15) is 5.56 Å². The first-order valence-corrected chi connectivity index (χ1v) is 4.22. The molecule has 0 atom stereocenters. The van der Waals surface area contributed by atoms with Crippen molar-refractivity contribution >= 4 is 5.82 Å². The molecule has 0 bridgehead atoms. The van der Waals surface area contributed by atoms with Gasteiger partial charge in [0, 0.05) is 6.07 Å². The quantitative estimate of drug-likeness (QED) is 0.774. The van der Waals surface area contributed by atoms with E-state index in [1.165, 1.54) is 13.1 Å². The van der Waals surface area contributed by atoms with Crippen molar-refractivity contribution < 1.29 is 8.78 Å². The smallest absolute Gasteiger partial charge is 0.166 e. The maximum Gasteiger partial charge on any atom is 0.166 e. The number of benzene rings is 1. The first-order valence-electron chi connectivity index (χ1n) is 4.22. The fraction of sp³-hybridized carbons (Fsp3) is 0.111. The maximum atomic E-state index is 13.4. The van der Waals surface area contributed by atoms with Gasteiger partial charge in [-0.3, -0.25) is 0 Å². The summed E-state index contributed by atoms with van der Waals surface area (Å²) in [7, 11) is 0. The van der Waals surface area contributed by atoms with Crippen LogP contribution in [0.2, 0.25) is 0 Å². The van der Waals surface area contributed by atoms with E-state index < -0.39 is 11.6 Å². The summed E-state index contributed by atoms with van der Waals surface area (Å²) in [5, 5.41) is 7.04. The largest absolute Gasteiger partial charge is 0.381 e. The highest BCUT2D eigenvalue weighted by atomic mass is 19.1. The number of nitrogens with zero attached hydrogens (tertiary/aromatic N) is 3. The molecule has 0 saturated carbocycles. The summed E-state index contributed by atoms with van der Waals surface area (Å²) in [5.41, 5.74) is 5.55. The van der Waals surface area contributed by atoms with E-state index in [1.807, 2.05) is 0 Å². The minimum Gasteiger partial charge on any atom is -0.381 e. The van der Waals surface area contributed by atoms with E-state index in [0.717, 1.165) is 16.8 Å². The molecule has 0 amide bonds. The molecule has 4 nitrogen and oxygen atoms in total. The lowest BCUT2D eigenvalue weighted by atomic mass is 10.2. The van der Waals surface area contributed by atoms with Crippen molar-refractivity contribution in [1.82, 2.24) is 15.0 Å². The topological polar surface area (TPSA) is 56.7 Å². The van der Waals surface area contributed by atoms with E-state index in [0.29, 0.717) is 0 Å². The van der Waals surface area contributed by atoms with E-state index in [9.17, 15) is 8.78 Å². The molecule has 6 heteroatoms. The molecule has 0 spiro atoms. The van der Waals surface area contributed by atoms with E-state index >= 15 is 0 Å². The molecular weight excluding hydrogens is 202 g/mol. The second-order valence-corrected chi connectivity index (χ2v) is 3.14. The Bertz CT molecular complexity index is 507. The van der Waals surface area contributed by atoms with Crippen LogP contribution in [-0.2, 0) is 0 Å². The van der Waals surface area contributed by atoms with Crippen molar-refractivity contribution in [2.24, 2.45) is 0 Å². The predicted octanol–water partition coefficient (Wildman–Crippen LogP) is 1.44. The van der Waals surface area contributed by atoms with Crippen LogP contribution in [0.25, 0.3) is 5.69 Å². The number of aryl methyl sites for hydroxylation is 1. The Morgan fingerprint density at radius 1 is 1.27 bits per heavy atom. The molecule has 0 aliphatic rings. The van der Waals surface area contributed by atoms with Crippen LogP contribution < -0.4 is 5.73 Å². The molecule has 0 radical (unpaired) electrons. The third-order valence-electron chi connectivity index (χ3n) is 1.99. The van der Waals surface area contributed by atoms with Crippen LogP contribution in [0, 0.1) is 18.6 Å². The minimum absolute atomic E-state index is 0.0118. The molecule has 2 rings (SSSR count). The second kappa shape index (κ2) is 3.30. The van der Waals surface area contributed by atoms with Gasteiger partial charge in [0.05, 0.1) is 6.20 Å². The average Bonchev–Trinajstić information content (AvgIpc) is 2.58. The Morgan fingerprint density at radius 2 is 2.00 bits per heavy atom. The summed E-state index contributed by atoms with van der Waals surface area (Å²) in [6, 6.07) is 2.15. The molecule has 15 heavy (non-hydrogen) atoms. The van der Waals surface area contributed by atoms with Gasteiger partial charge in [0.25, 0.3) is 0 Å². The third kappa shape index (κ3) is 1.65. The van der Waals surface area contributed by atoms with Crippen molar-refractivity contribution in [3.63, 3.8) is 0 Å². The zero-order valence-corrected chi connectivity index (χ0v) is 7.91. The number of hydrogen-bond acceptors (Lipinski definition) is 3. The lowest BCUT2D eigenvalue weighted by Gasteiger charge is -2.03. The Labute approximate surface area is 84.3 Å². The first-order chi connectivity index (χ1) is 7.08. The van der Waals surface area contributed by atoms with Gasteiger partial charge in [-0.05, 0) is 18.6 Å². The highest BCUT2D eigenvalue weighted by molar-refractivity contribution is 5.38. The van der Waals surface area contributed by atoms with Gasteiger partial charge in [-0.1, -0.05) is 5.21 Å². The summed E-state index contributed by atoms with van der Waals surface area (Å²) >= 11 is 0. The molecule has 0 aliphatic carbocycles. The predicted molar refractivity (Wildman–Crippen MR) is 50.4 cm³/mol. The van der Waals surface area contributed by atoms with Gasteiger partial charge >= 0.3 is 0 Å². The molecule has 2 N–H and O–H groups in total. The Balaban J connectivity index is 2.58. The first kappa shape index (κ1) is 9.57. The summed E-state index contributed by atoms with van der Waals surface area (Å²) < 4.78 is 27.7. The van der Waals surface area contributed by atoms with Gasteiger partial charge in [0.15, 0.2) is 5.82 Å². The fourth-order valence-electron chi connectivity index (χ4n) is 1.21. The summed E-state index contributed by atoms with van der Waals surface area (Å²) in [6.07, 6.45) is 1.31. The standard InChI is InChI=1S/C9H8F2N4/c1-5-2-7(11)8(3-6(5)10)15-4-9(12)13-14-15/h2-4H,12H2,1H3. The zero-order chi connectivity index (χ0) is 11.0. The second-order valence-electron chi connectivity index (χ2n) is 3.14. The van der Waals surface area contributed by atoms with Gasteiger partial charge in [-0.2, -0.15) is 0 Å². The molecule has 78 valence electrons. The molecule has 0 aliphatic heterocycles. The van der Waals surface area contributed by atoms with Crippen LogP contribution in [0.3, 0.4) is 0 Å². The number of anilines is 1. The monoisotopic (exact) mass is 210 g/mol. The Morgan fingerprint density at radius 3 is 2.60 bits per heavy atom. The SMILES string of the molecule is Cc1cc(F)c(-n2cc(N)nn2)cc1F. The summed E-state index contributed by atoms with van der Waals surface area (Å²) in [5.74, 6) is -0.922.